The van der Waals surface area contributed by atoms with Crippen molar-refractivity contribution in [1.82, 2.24) is 14.5 Å². The molecule has 0 spiro atoms. The van der Waals surface area contributed by atoms with Crippen molar-refractivity contribution in [3.05, 3.63) is 23.1 Å². The van der Waals surface area contributed by atoms with Crippen molar-refractivity contribution in [3.8, 4) is 0 Å². The molecule has 0 aliphatic heterocycles. The number of hydrogen-bond donors (Lipinski definition) is 0. The lowest BCUT2D eigenvalue weighted by molar-refractivity contribution is 1.03. The van der Waals surface area contributed by atoms with E-state index < -0.39 is 0 Å². The zero-order valence-corrected chi connectivity index (χ0v) is 12.7. The van der Waals surface area contributed by atoms with Gasteiger partial charge in [-0.05, 0) is 29.0 Å². The molecule has 0 aromatic carbocycles. The van der Waals surface area contributed by atoms with E-state index in [4.69, 9.17) is 11.6 Å². The van der Waals surface area contributed by atoms with Gasteiger partial charge in [0, 0.05) is 11.6 Å². The first-order chi connectivity index (χ1) is 7.24. The predicted molar refractivity (Wildman–Crippen MR) is 76.4 cm³/mol. The minimum absolute atomic E-state index is 0.578. The molecule has 0 saturated heterocycles. The molecule has 2 aromatic rings. The van der Waals surface area contributed by atoms with Gasteiger partial charge >= 0.3 is 0 Å². The molecule has 1 atom stereocenters. The summed E-state index contributed by atoms with van der Waals surface area (Å²) in [6.07, 6.45) is 4.04. The molecule has 82 valence electrons. The topological polar surface area (TPSA) is 30.7 Å². The third-order valence-corrected chi connectivity index (χ3v) is 3.99. The van der Waals surface area contributed by atoms with Crippen molar-refractivity contribution in [1.29, 1.82) is 0 Å². The summed E-state index contributed by atoms with van der Waals surface area (Å²) in [6, 6.07) is 0. The molecule has 1 unspecified atom stereocenters. The molecule has 6 heteroatoms. The van der Waals surface area contributed by atoms with Gasteiger partial charge in [-0.3, -0.25) is 4.98 Å². The molecule has 0 amide bonds. The quantitative estimate of drug-likeness (QED) is 0.567. The maximum Gasteiger partial charge on any atom is 0.0956 e. The Labute approximate surface area is 109 Å². The number of hydrogen-bond acceptors (Lipinski definition) is 2. The van der Waals surface area contributed by atoms with Crippen LogP contribution in [0.5, 0.6) is 0 Å². The molecule has 0 saturated carbocycles. The van der Waals surface area contributed by atoms with E-state index in [0.29, 0.717) is 11.4 Å². The van der Waals surface area contributed by atoms with E-state index in [2.05, 4.69) is 32.1 Å². The molecule has 2 rings (SSSR count). The van der Waals surface area contributed by atoms with Crippen LogP contribution in [0, 0.1) is 6.92 Å². The molecule has 0 aliphatic carbocycles. The van der Waals surface area contributed by atoms with Crippen LogP contribution in [0.3, 0.4) is 0 Å². The van der Waals surface area contributed by atoms with E-state index in [1.165, 1.54) is 0 Å². The van der Waals surface area contributed by atoms with Crippen molar-refractivity contribution in [2.75, 3.05) is 0 Å². The van der Waals surface area contributed by atoms with Gasteiger partial charge < -0.3 is 0 Å². The van der Waals surface area contributed by atoms with Crippen LogP contribution in [0.2, 0.25) is 5.02 Å². The molecule has 2 heterocycles. The Bertz CT molecular complexity index is 458. The minimum atomic E-state index is 0.578. The van der Waals surface area contributed by atoms with Crippen LogP contribution in [-0.4, -0.2) is 14.5 Å². The van der Waals surface area contributed by atoms with Gasteiger partial charge in [-0.25, -0.2) is 4.45 Å². The summed E-state index contributed by atoms with van der Waals surface area (Å²) in [5.41, 5.74) is 2.02. The highest BCUT2D eigenvalue weighted by molar-refractivity contribution is 14.2. The molecule has 2 aromatic heterocycles. The molecule has 0 fully saturated rings. The Morgan fingerprint density at radius 2 is 2.07 bits per heavy atom. The number of pyridine rings is 1. The fourth-order valence-corrected chi connectivity index (χ4v) is 2.97. The summed E-state index contributed by atoms with van der Waals surface area (Å²) in [5, 5.41) is 5.89. The summed E-state index contributed by atoms with van der Waals surface area (Å²) >= 11 is 8.27. The Balaban J connectivity index is 0.000000531. The van der Waals surface area contributed by atoms with Crippen molar-refractivity contribution >= 4 is 50.9 Å². The van der Waals surface area contributed by atoms with Crippen LogP contribution in [0.25, 0.3) is 10.9 Å². The van der Waals surface area contributed by atoms with Crippen LogP contribution in [0.4, 0.5) is 0 Å². The lowest BCUT2D eigenvalue weighted by Crippen LogP contribution is -1.88. The van der Waals surface area contributed by atoms with E-state index in [1.807, 2.05) is 25.2 Å². The van der Waals surface area contributed by atoms with Gasteiger partial charge in [0.15, 0.2) is 0 Å². The second kappa shape index (κ2) is 5.97. The van der Waals surface area contributed by atoms with Gasteiger partial charge in [0.25, 0.3) is 0 Å². The second-order valence-corrected chi connectivity index (χ2v) is 5.04. The zero-order chi connectivity index (χ0) is 11.4. The minimum Gasteiger partial charge on any atom is -0.258 e. The van der Waals surface area contributed by atoms with Crippen LogP contribution in [0.15, 0.2) is 12.4 Å². The van der Waals surface area contributed by atoms with Crippen molar-refractivity contribution in [2.45, 2.75) is 20.8 Å². The Morgan fingerprint density at radius 1 is 1.40 bits per heavy atom. The van der Waals surface area contributed by atoms with E-state index in [9.17, 15) is 0 Å². The predicted octanol–water partition coefficient (Wildman–Crippen LogP) is 4.21. The third kappa shape index (κ3) is 2.60. The molecule has 0 aliphatic rings. The van der Waals surface area contributed by atoms with E-state index in [-0.39, 0.29) is 0 Å². The van der Waals surface area contributed by atoms with Gasteiger partial charge in [-0.2, -0.15) is 5.10 Å². The monoisotopic (exact) mass is 355 g/mol. The number of aryl methyl sites for hydroxylation is 1. The highest BCUT2D eigenvalue weighted by Crippen LogP contribution is 2.32. The van der Waals surface area contributed by atoms with Crippen molar-refractivity contribution in [3.63, 3.8) is 0 Å². The first-order valence-electron chi connectivity index (χ1n) is 4.59. The number of halogens is 2. The normalized spacial score (nSPS) is 10.7. The summed E-state index contributed by atoms with van der Waals surface area (Å²) in [5.74, 6) is 0. The average molecular weight is 356 g/mol. The van der Waals surface area contributed by atoms with Crippen LogP contribution in [-0.2, 0) is 0 Å². The fraction of sp³-hybridized carbons (Fsp3) is 0.333. The zero-order valence-electron chi connectivity index (χ0n) is 8.75. The standard InChI is InChI=1S/C7H6ClIN3P.C2H6/c1-4-7-5(6(8)3-10-4)2-11-12(7)13-9;1-2/h2-3,13H,1H3;1-2H3. The highest BCUT2D eigenvalue weighted by Gasteiger charge is 2.08. The molecular formula is C9H12ClIN3P. The molecule has 0 bridgehead atoms. The average Bonchev–Trinajstić information content (AvgIpc) is 2.71. The smallest absolute Gasteiger partial charge is 0.0956 e. The fourth-order valence-electron chi connectivity index (χ4n) is 1.22. The summed E-state index contributed by atoms with van der Waals surface area (Å²) < 4.78 is 1.92. The molecule has 0 radical (unpaired) electrons. The van der Waals surface area contributed by atoms with Gasteiger partial charge in [0.05, 0.1) is 28.8 Å². The van der Waals surface area contributed by atoms with E-state index >= 15 is 0 Å². The lowest BCUT2D eigenvalue weighted by atomic mass is 10.3. The Hall–Kier alpha value is 0.0700. The first-order valence-corrected chi connectivity index (χ1v) is 9.03. The SMILES string of the molecule is CC.Cc1ncc(Cl)c2cnn(PI)c12. The Kier molecular flexibility index (Phi) is 5.23. The molecule has 0 N–H and O–H groups in total. The van der Waals surface area contributed by atoms with Crippen molar-refractivity contribution < 1.29 is 0 Å². The third-order valence-electron chi connectivity index (χ3n) is 1.82. The largest absolute Gasteiger partial charge is 0.258 e. The van der Waals surface area contributed by atoms with E-state index in [1.54, 1.807) is 12.4 Å². The van der Waals surface area contributed by atoms with Crippen LogP contribution < -0.4 is 0 Å². The molecule has 15 heavy (non-hydrogen) atoms. The number of rotatable bonds is 1. The van der Waals surface area contributed by atoms with E-state index in [0.717, 1.165) is 16.6 Å². The van der Waals surface area contributed by atoms with Crippen molar-refractivity contribution in [2.24, 2.45) is 0 Å². The van der Waals surface area contributed by atoms with Gasteiger partial charge in [0.2, 0.25) is 0 Å². The Morgan fingerprint density at radius 3 is 2.67 bits per heavy atom. The van der Waals surface area contributed by atoms with Gasteiger partial charge in [-0.1, -0.05) is 25.4 Å². The first kappa shape index (κ1) is 13.1. The van der Waals surface area contributed by atoms with Gasteiger partial charge in [-0.15, -0.1) is 0 Å². The maximum atomic E-state index is 5.98. The lowest BCUT2D eigenvalue weighted by Gasteiger charge is -2.00. The molecule has 3 nitrogen and oxygen atoms in total. The maximum absolute atomic E-state index is 5.98. The van der Waals surface area contributed by atoms with Gasteiger partial charge in [0.1, 0.15) is 0 Å². The summed E-state index contributed by atoms with van der Waals surface area (Å²) in [6.45, 7) is 5.97. The van der Waals surface area contributed by atoms with Crippen LogP contribution in [0.1, 0.15) is 19.5 Å². The second-order valence-electron chi connectivity index (χ2n) is 2.59. The summed E-state index contributed by atoms with van der Waals surface area (Å²) in [7, 11) is 0. The number of aromatic nitrogens is 3. The van der Waals surface area contributed by atoms with Crippen LogP contribution >= 0.6 is 40.0 Å². The summed E-state index contributed by atoms with van der Waals surface area (Å²) in [4.78, 5) is 4.20. The highest BCUT2D eigenvalue weighted by atomic mass is 127. The molecular weight excluding hydrogens is 343 g/mol. The number of nitrogens with zero attached hydrogens (tertiary/aromatic N) is 3. The number of fused-ring (bicyclic) bond motifs is 1.